The van der Waals surface area contributed by atoms with Gasteiger partial charge in [-0.05, 0) is 37.3 Å². The van der Waals surface area contributed by atoms with Gasteiger partial charge in [-0.1, -0.05) is 53.0 Å². The maximum absolute atomic E-state index is 5.63. The Hall–Kier alpha value is -0.640. The van der Waals surface area contributed by atoms with Gasteiger partial charge in [-0.3, -0.25) is 11.3 Å². The number of nitrogens with one attached hydrogen (secondary N) is 1. The first-order valence-electron chi connectivity index (χ1n) is 6.58. The van der Waals surface area contributed by atoms with Crippen LogP contribution in [-0.4, -0.2) is 6.04 Å². The zero-order valence-electron chi connectivity index (χ0n) is 10.9. The van der Waals surface area contributed by atoms with E-state index in [1.165, 1.54) is 24.8 Å². The van der Waals surface area contributed by atoms with E-state index in [0.717, 1.165) is 23.7 Å². The first-order chi connectivity index (χ1) is 8.77. The molecule has 3 N–H and O–H groups in total. The number of benzene rings is 1. The second kappa shape index (κ2) is 9.31. The molecule has 0 amide bonds. The molecule has 0 aliphatic rings. The predicted octanol–water partition coefficient (Wildman–Crippen LogP) is 3.96. The normalized spacial score (nSPS) is 12.3. The van der Waals surface area contributed by atoms with E-state index >= 15 is 0 Å². The number of rotatable bonds is 9. The maximum atomic E-state index is 5.63. The molecule has 100 valence electrons. The molecule has 0 saturated carbocycles. The fourth-order valence-electron chi connectivity index (χ4n) is 2.03. The van der Waals surface area contributed by atoms with Crippen LogP contribution in [0.3, 0.4) is 0 Å². The summed E-state index contributed by atoms with van der Waals surface area (Å²) in [7, 11) is 0. The number of halogens is 1. The molecular weight excluding hydrogens is 288 g/mol. The second-order valence-electron chi connectivity index (χ2n) is 4.59. The van der Waals surface area contributed by atoms with Crippen molar-refractivity contribution in [2.24, 2.45) is 5.84 Å². The van der Waals surface area contributed by atoms with Crippen LogP contribution in [0, 0.1) is 0 Å². The van der Waals surface area contributed by atoms with E-state index in [1.54, 1.807) is 0 Å². The molecule has 3 heteroatoms. The monoisotopic (exact) mass is 310 g/mol. The summed E-state index contributed by atoms with van der Waals surface area (Å²) in [6, 6.07) is 8.68. The third-order valence-corrected chi connectivity index (χ3v) is 3.89. The Morgan fingerprint density at radius 1 is 1.28 bits per heavy atom. The van der Waals surface area contributed by atoms with Crippen LogP contribution < -0.4 is 11.3 Å². The summed E-state index contributed by atoms with van der Waals surface area (Å²) < 4.78 is 1.16. The molecule has 0 spiro atoms. The lowest BCUT2D eigenvalue weighted by Crippen LogP contribution is -2.36. The van der Waals surface area contributed by atoms with Crippen molar-refractivity contribution in [3.05, 3.63) is 47.0 Å². The molecule has 0 aromatic heterocycles. The molecule has 1 aromatic rings. The number of allylic oxidation sites excluding steroid dienone is 1. The molecule has 0 radical (unpaired) electrons. The molecule has 1 atom stereocenters. The average Bonchev–Trinajstić information content (AvgIpc) is 2.39. The lowest BCUT2D eigenvalue weighted by Gasteiger charge is -2.16. The molecule has 0 aliphatic heterocycles. The predicted molar refractivity (Wildman–Crippen MR) is 82.2 cm³/mol. The zero-order chi connectivity index (χ0) is 13.2. The van der Waals surface area contributed by atoms with E-state index in [2.05, 4.69) is 46.1 Å². The Balaban J connectivity index is 2.33. The Kier molecular flexibility index (Phi) is 7.98. The fourth-order valence-corrected chi connectivity index (χ4v) is 2.48. The van der Waals surface area contributed by atoms with Crippen molar-refractivity contribution >= 4 is 15.9 Å². The summed E-state index contributed by atoms with van der Waals surface area (Å²) in [5.74, 6) is 5.63. The van der Waals surface area contributed by atoms with Crippen molar-refractivity contribution < 1.29 is 0 Å². The van der Waals surface area contributed by atoms with Gasteiger partial charge in [-0.25, -0.2) is 0 Å². The van der Waals surface area contributed by atoms with Crippen molar-refractivity contribution in [2.75, 3.05) is 0 Å². The van der Waals surface area contributed by atoms with Crippen molar-refractivity contribution in [1.82, 2.24) is 5.43 Å². The van der Waals surface area contributed by atoms with E-state index in [1.807, 2.05) is 12.1 Å². The SMILES string of the molecule is C=CCCCCCC(Cc1ccccc1Br)NN. The molecule has 1 unspecified atom stereocenters. The van der Waals surface area contributed by atoms with E-state index < -0.39 is 0 Å². The number of nitrogens with two attached hydrogens (primary N) is 1. The van der Waals surface area contributed by atoms with Gasteiger partial charge >= 0.3 is 0 Å². The number of hydrogen-bond acceptors (Lipinski definition) is 2. The average molecular weight is 311 g/mol. The highest BCUT2D eigenvalue weighted by molar-refractivity contribution is 9.10. The molecule has 0 saturated heterocycles. The van der Waals surface area contributed by atoms with Gasteiger partial charge in [0.05, 0.1) is 0 Å². The molecule has 0 bridgehead atoms. The smallest absolute Gasteiger partial charge is 0.0251 e. The lowest BCUT2D eigenvalue weighted by atomic mass is 10.0. The Labute approximate surface area is 119 Å². The van der Waals surface area contributed by atoms with E-state index in [-0.39, 0.29) is 0 Å². The maximum Gasteiger partial charge on any atom is 0.0251 e. The van der Waals surface area contributed by atoms with Gasteiger partial charge in [0, 0.05) is 10.5 Å². The molecular formula is C15H23BrN2. The summed E-state index contributed by atoms with van der Waals surface area (Å²) in [5.41, 5.74) is 4.24. The van der Waals surface area contributed by atoms with Crippen LogP contribution in [0.5, 0.6) is 0 Å². The standard InChI is InChI=1S/C15H23BrN2/c1-2-3-4-5-6-10-14(18-17)12-13-9-7-8-11-15(13)16/h2,7-9,11,14,18H,1,3-6,10,12,17H2. The third kappa shape index (κ3) is 5.80. The summed E-state index contributed by atoms with van der Waals surface area (Å²) in [6.45, 7) is 3.74. The van der Waals surface area contributed by atoms with Crippen LogP contribution in [0.1, 0.15) is 37.7 Å². The largest absolute Gasteiger partial charge is 0.271 e. The van der Waals surface area contributed by atoms with Crippen LogP contribution in [0.25, 0.3) is 0 Å². The van der Waals surface area contributed by atoms with E-state index in [4.69, 9.17) is 5.84 Å². The molecule has 2 nitrogen and oxygen atoms in total. The highest BCUT2D eigenvalue weighted by atomic mass is 79.9. The zero-order valence-corrected chi connectivity index (χ0v) is 12.5. The minimum atomic E-state index is 0.354. The fraction of sp³-hybridized carbons (Fsp3) is 0.467. The van der Waals surface area contributed by atoms with Crippen molar-refractivity contribution in [3.63, 3.8) is 0 Å². The molecule has 0 aliphatic carbocycles. The number of unbranched alkanes of at least 4 members (excludes halogenated alkanes) is 3. The Bertz CT molecular complexity index is 352. The molecule has 1 rings (SSSR count). The first-order valence-corrected chi connectivity index (χ1v) is 7.37. The lowest BCUT2D eigenvalue weighted by molar-refractivity contribution is 0.464. The quantitative estimate of drug-likeness (QED) is 0.313. The van der Waals surface area contributed by atoms with Crippen molar-refractivity contribution in [3.8, 4) is 0 Å². The van der Waals surface area contributed by atoms with E-state index in [9.17, 15) is 0 Å². The van der Waals surface area contributed by atoms with Gasteiger partial charge in [0.25, 0.3) is 0 Å². The summed E-state index contributed by atoms with van der Waals surface area (Å²) in [4.78, 5) is 0. The highest BCUT2D eigenvalue weighted by Crippen LogP contribution is 2.19. The minimum Gasteiger partial charge on any atom is -0.271 e. The van der Waals surface area contributed by atoms with Crippen molar-refractivity contribution in [1.29, 1.82) is 0 Å². The third-order valence-electron chi connectivity index (χ3n) is 3.12. The topological polar surface area (TPSA) is 38.0 Å². The summed E-state index contributed by atoms with van der Waals surface area (Å²) >= 11 is 3.58. The van der Waals surface area contributed by atoms with Gasteiger partial charge < -0.3 is 0 Å². The molecule has 0 fully saturated rings. The molecule has 1 aromatic carbocycles. The number of hydrazine groups is 1. The van der Waals surface area contributed by atoms with Crippen LogP contribution in [0.2, 0.25) is 0 Å². The second-order valence-corrected chi connectivity index (χ2v) is 5.44. The van der Waals surface area contributed by atoms with E-state index in [0.29, 0.717) is 6.04 Å². The van der Waals surface area contributed by atoms with Crippen LogP contribution in [0.4, 0.5) is 0 Å². The van der Waals surface area contributed by atoms with Gasteiger partial charge in [-0.15, -0.1) is 6.58 Å². The number of hydrogen-bond donors (Lipinski definition) is 2. The van der Waals surface area contributed by atoms with Crippen molar-refractivity contribution in [2.45, 2.75) is 44.6 Å². The Morgan fingerprint density at radius 2 is 2.06 bits per heavy atom. The molecule has 0 heterocycles. The van der Waals surface area contributed by atoms with Gasteiger partial charge in [0.15, 0.2) is 0 Å². The van der Waals surface area contributed by atoms with Crippen LogP contribution >= 0.6 is 15.9 Å². The minimum absolute atomic E-state index is 0.354. The van der Waals surface area contributed by atoms with Crippen LogP contribution in [-0.2, 0) is 6.42 Å². The van der Waals surface area contributed by atoms with Gasteiger partial charge in [-0.2, -0.15) is 0 Å². The summed E-state index contributed by atoms with van der Waals surface area (Å²) in [5, 5.41) is 0. The van der Waals surface area contributed by atoms with Gasteiger partial charge in [0.1, 0.15) is 0 Å². The highest BCUT2D eigenvalue weighted by Gasteiger charge is 2.09. The van der Waals surface area contributed by atoms with Gasteiger partial charge in [0.2, 0.25) is 0 Å². The van der Waals surface area contributed by atoms with Crippen LogP contribution in [0.15, 0.2) is 41.4 Å². The first kappa shape index (κ1) is 15.4. The summed E-state index contributed by atoms with van der Waals surface area (Å²) in [6.07, 6.45) is 8.89. The Morgan fingerprint density at radius 3 is 2.72 bits per heavy atom. The molecule has 18 heavy (non-hydrogen) atoms.